The number of nitrogens with zero attached hydrogens (tertiary/aromatic N) is 5. The molecule has 7 heteroatoms. The molecule has 0 aliphatic heterocycles. The van der Waals surface area contributed by atoms with Gasteiger partial charge in [-0.2, -0.15) is 15.2 Å². The van der Waals surface area contributed by atoms with Gasteiger partial charge in [-0.15, -0.1) is 0 Å². The minimum absolute atomic E-state index is 0.545. The first kappa shape index (κ1) is 29.2. The van der Waals surface area contributed by atoms with Crippen LogP contribution in [0.2, 0.25) is 0 Å². The summed E-state index contributed by atoms with van der Waals surface area (Å²) in [6, 6.07) is 53.0. The molecule has 11 rings (SSSR count). The minimum atomic E-state index is 0.545. The van der Waals surface area contributed by atoms with E-state index in [1.54, 1.807) is 6.07 Å². The SMILES string of the molecule is N#Cc1ccc2oc3cccc(-c4ccc5c(c4)oc4cc(-c6nc(-c7ccccc7)nc(-n7c8ccccc8c8ccccc87)n6)ccc45)c3c2c1. The summed E-state index contributed by atoms with van der Waals surface area (Å²) in [4.78, 5) is 15.2. The van der Waals surface area contributed by atoms with Crippen molar-refractivity contribution in [2.24, 2.45) is 0 Å². The summed E-state index contributed by atoms with van der Waals surface area (Å²) in [5, 5.41) is 15.7. The Bertz CT molecular complexity index is 3260. The summed E-state index contributed by atoms with van der Waals surface area (Å²) in [6.45, 7) is 0. The normalized spacial score (nSPS) is 11.8. The molecule has 0 saturated carbocycles. The van der Waals surface area contributed by atoms with Crippen LogP contribution in [0.1, 0.15) is 5.56 Å². The van der Waals surface area contributed by atoms with E-state index >= 15 is 0 Å². The maximum Gasteiger partial charge on any atom is 0.238 e. The lowest BCUT2D eigenvalue weighted by Crippen LogP contribution is -2.06. The lowest BCUT2D eigenvalue weighted by molar-refractivity contribution is 0.668. The highest BCUT2D eigenvalue weighted by Gasteiger charge is 2.19. The third-order valence-electron chi connectivity index (χ3n) is 10.1. The highest BCUT2D eigenvalue weighted by atomic mass is 16.3. The highest BCUT2D eigenvalue weighted by molar-refractivity contribution is 6.14. The molecule has 0 spiro atoms. The van der Waals surface area contributed by atoms with E-state index in [0.717, 1.165) is 87.9 Å². The first-order valence-electron chi connectivity index (χ1n) is 17.3. The van der Waals surface area contributed by atoms with Crippen molar-refractivity contribution in [3.05, 3.63) is 157 Å². The Labute approximate surface area is 301 Å². The van der Waals surface area contributed by atoms with Crippen molar-refractivity contribution < 1.29 is 8.83 Å². The van der Waals surface area contributed by atoms with Gasteiger partial charge in [0.2, 0.25) is 5.95 Å². The van der Waals surface area contributed by atoms with E-state index in [1.807, 2.05) is 72.8 Å². The van der Waals surface area contributed by atoms with Crippen LogP contribution in [0.5, 0.6) is 0 Å². The summed E-state index contributed by atoms with van der Waals surface area (Å²) in [5.41, 5.74) is 9.40. The molecule has 0 atom stereocenters. The molecule has 246 valence electrons. The Morgan fingerprint density at radius 2 is 1.09 bits per heavy atom. The number of hydrogen-bond donors (Lipinski definition) is 0. The van der Waals surface area contributed by atoms with E-state index in [0.29, 0.717) is 23.2 Å². The Hall–Kier alpha value is -7.56. The van der Waals surface area contributed by atoms with E-state index < -0.39 is 0 Å². The maximum absolute atomic E-state index is 9.57. The van der Waals surface area contributed by atoms with Gasteiger partial charge >= 0.3 is 0 Å². The monoisotopic (exact) mass is 679 g/mol. The van der Waals surface area contributed by atoms with Gasteiger partial charge in [0, 0.05) is 43.4 Å². The van der Waals surface area contributed by atoms with Gasteiger partial charge in [0.15, 0.2) is 11.6 Å². The number of benzene rings is 7. The fourth-order valence-electron chi connectivity index (χ4n) is 7.67. The molecule has 0 aliphatic rings. The van der Waals surface area contributed by atoms with Gasteiger partial charge in [-0.3, -0.25) is 4.57 Å². The van der Waals surface area contributed by atoms with Gasteiger partial charge < -0.3 is 8.83 Å². The summed E-state index contributed by atoms with van der Waals surface area (Å²) in [7, 11) is 0. The third-order valence-corrected chi connectivity index (χ3v) is 10.1. The predicted octanol–water partition coefficient (Wildman–Crippen LogP) is 11.6. The first-order chi connectivity index (χ1) is 26.2. The quantitative estimate of drug-likeness (QED) is 0.184. The zero-order valence-corrected chi connectivity index (χ0v) is 28.0. The van der Waals surface area contributed by atoms with Crippen molar-refractivity contribution in [2.45, 2.75) is 0 Å². The predicted molar refractivity (Wildman–Crippen MR) is 210 cm³/mol. The minimum Gasteiger partial charge on any atom is -0.456 e. The van der Waals surface area contributed by atoms with E-state index in [1.165, 1.54) is 0 Å². The molecular weight excluding hydrogens is 655 g/mol. The number of fused-ring (bicyclic) bond motifs is 9. The molecule has 7 nitrogen and oxygen atoms in total. The van der Waals surface area contributed by atoms with E-state index in [-0.39, 0.29) is 0 Å². The molecule has 4 heterocycles. The van der Waals surface area contributed by atoms with Crippen molar-refractivity contribution >= 4 is 65.7 Å². The lowest BCUT2D eigenvalue weighted by atomic mass is 9.98. The van der Waals surface area contributed by atoms with Crippen LogP contribution in [0.3, 0.4) is 0 Å². The molecule has 53 heavy (non-hydrogen) atoms. The lowest BCUT2D eigenvalue weighted by Gasteiger charge is -2.10. The average molecular weight is 680 g/mol. The zero-order valence-electron chi connectivity index (χ0n) is 28.0. The molecule has 0 N–H and O–H groups in total. The molecule has 0 radical (unpaired) electrons. The summed E-state index contributed by atoms with van der Waals surface area (Å²) < 4.78 is 14.9. The van der Waals surface area contributed by atoms with Crippen LogP contribution in [-0.4, -0.2) is 19.5 Å². The van der Waals surface area contributed by atoms with Gasteiger partial charge in [-0.05, 0) is 71.8 Å². The van der Waals surface area contributed by atoms with Crippen molar-refractivity contribution in [2.75, 3.05) is 0 Å². The van der Waals surface area contributed by atoms with Crippen LogP contribution < -0.4 is 0 Å². The van der Waals surface area contributed by atoms with Gasteiger partial charge in [0.1, 0.15) is 22.3 Å². The molecular formula is C46H25N5O2. The maximum atomic E-state index is 9.57. The molecule has 0 fully saturated rings. The largest absolute Gasteiger partial charge is 0.456 e. The fraction of sp³-hybridized carbons (Fsp3) is 0. The molecule has 7 aromatic carbocycles. The average Bonchev–Trinajstić information content (AvgIpc) is 3.89. The van der Waals surface area contributed by atoms with Crippen LogP contribution in [0.15, 0.2) is 160 Å². The first-order valence-corrected chi connectivity index (χ1v) is 17.3. The number of hydrogen-bond acceptors (Lipinski definition) is 6. The number of furan rings is 2. The number of para-hydroxylation sites is 2. The van der Waals surface area contributed by atoms with Crippen LogP contribution in [0.25, 0.3) is 106 Å². The summed E-state index contributed by atoms with van der Waals surface area (Å²) in [6.07, 6.45) is 0. The Balaban J connectivity index is 1.08. The van der Waals surface area contributed by atoms with Crippen molar-refractivity contribution in [1.29, 1.82) is 5.26 Å². The number of rotatable bonds is 4. The van der Waals surface area contributed by atoms with E-state index in [4.69, 9.17) is 23.8 Å². The standard InChI is InChI=1S/C46H25N5O2/c47-26-27-17-22-39-36(23-27)43-31(13-8-16-40(43)52-39)29-18-20-34-35-21-19-30(25-42(35)53-41(34)24-29)45-48-44(28-9-2-1-3-10-28)49-46(50-45)51-37-14-6-4-11-32(37)33-12-5-7-15-38(33)51/h1-25H. The molecule has 0 saturated heterocycles. The Morgan fingerprint density at radius 3 is 1.83 bits per heavy atom. The molecule has 0 bridgehead atoms. The number of nitriles is 1. The Morgan fingerprint density at radius 1 is 0.453 bits per heavy atom. The second kappa shape index (κ2) is 11.2. The summed E-state index contributed by atoms with van der Waals surface area (Å²) in [5.74, 6) is 1.68. The number of aromatic nitrogens is 4. The van der Waals surface area contributed by atoms with Crippen molar-refractivity contribution in [3.63, 3.8) is 0 Å². The van der Waals surface area contributed by atoms with E-state index in [9.17, 15) is 5.26 Å². The van der Waals surface area contributed by atoms with Crippen LogP contribution in [-0.2, 0) is 0 Å². The topological polar surface area (TPSA) is 93.7 Å². The molecule has 0 amide bonds. The Kier molecular flexibility index (Phi) is 6.18. The van der Waals surface area contributed by atoms with Gasteiger partial charge in [0.05, 0.1) is 22.7 Å². The highest BCUT2D eigenvalue weighted by Crippen LogP contribution is 2.40. The molecule has 4 aromatic heterocycles. The van der Waals surface area contributed by atoms with E-state index in [2.05, 4.69) is 83.4 Å². The second-order valence-electron chi connectivity index (χ2n) is 13.1. The smallest absolute Gasteiger partial charge is 0.238 e. The molecule has 0 unspecified atom stereocenters. The van der Waals surface area contributed by atoms with Crippen LogP contribution in [0.4, 0.5) is 0 Å². The second-order valence-corrected chi connectivity index (χ2v) is 13.1. The fourth-order valence-corrected chi connectivity index (χ4v) is 7.67. The zero-order chi connectivity index (χ0) is 35.0. The molecule has 11 aromatic rings. The van der Waals surface area contributed by atoms with Gasteiger partial charge in [-0.1, -0.05) is 91.0 Å². The summed E-state index contributed by atoms with van der Waals surface area (Å²) >= 11 is 0. The van der Waals surface area contributed by atoms with Gasteiger partial charge in [0.25, 0.3) is 0 Å². The third kappa shape index (κ3) is 4.50. The van der Waals surface area contributed by atoms with Crippen LogP contribution in [0, 0.1) is 11.3 Å². The van der Waals surface area contributed by atoms with Crippen molar-refractivity contribution in [3.8, 4) is 45.9 Å². The van der Waals surface area contributed by atoms with Crippen LogP contribution >= 0.6 is 0 Å². The van der Waals surface area contributed by atoms with Gasteiger partial charge in [-0.25, -0.2) is 4.98 Å². The molecule has 0 aliphatic carbocycles. The van der Waals surface area contributed by atoms with Crippen molar-refractivity contribution in [1.82, 2.24) is 19.5 Å².